The lowest BCUT2D eigenvalue weighted by Crippen LogP contribution is -2.46. The lowest BCUT2D eigenvalue weighted by atomic mass is 9.78. The van der Waals surface area contributed by atoms with Crippen LogP contribution in [0.4, 0.5) is 8.78 Å². The number of nitrogens with one attached hydrogen (secondary N) is 1. The fraction of sp³-hybridized carbons (Fsp3) is 1.00. The monoisotopic (exact) mass is 225 g/mol. The molecule has 0 radical (unpaired) electrons. The molecule has 2 saturated heterocycles. The van der Waals surface area contributed by atoms with Crippen molar-refractivity contribution in [3.63, 3.8) is 0 Å². The second-order valence-corrected chi connectivity index (χ2v) is 6.54. The van der Waals surface area contributed by atoms with Crippen molar-refractivity contribution in [2.75, 3.05) is 24.6 Å². The molecule has 0 amide bonds. The quantitative estimate of drug-likeness (QED) is 0.650. The predicted molar refractivity (Wildman–Crippen MR) is 48.1 cm³/mol. The Morgan fingerprint density at radius 3 is 2.07 bits per heavy atom. The van der Waals surface area contributed by atoms with Gasteiger partial charge in [0.2, 0.25) is 0 Å². The van der Waals surface area contributed by atoms with E-state index in [0.717, 1.165) is 0 Å². The van der Waals surface area contributed by atoms with Crippen LogP contribution in [0.5, 0.6) is 0 Å². The second kappa shape index (κ2) is 2.88. The smallest absolute Gasteiger partial charge is 0.267 e. The Morgan fingerprint density at radius 1 is 1.07 bits per heavy atom. The summed E-state index contributed by atoms with van der Waals surface area (Å²) in [5.74, 6) is -2.93. The fourth-order valence-electron chi connectivity index (χ4n) is 2.25. The van der Waals surface area contributed by atoms with Crippen LogP contribution >= 0.6 is 0 Å². The van der Waals surface area contributed by atoms with Crippen molar-refractivity contribution in [2.24, 2.45) is 5.41 Å². The molecule has 1 spiro atoms. The van der Waals surface area contributed by atoms with Crippen molar-refractivity contribution < 1.29 is 17.2 Å². The molecular formula is C8H13F2NO2S. The zero-order valence-electron chi connectivity index (χ0n) is 7.72. The molecule has 0 aromatic carbocycles. The fourth-order valence-corrected chi connectivity index (χ4v) is 3.85. The molecule has 2 aliphatic rings. The van der Waals surface area contributed by atoms with Gasteiger partial charge in [-0.15, -0.1) is 0 Å². The third kappa shape index (κ3) is 1.44. The first-order chi connectivity index (χ1) is 6.37. The molecule has 0 bridgehead atoms. The maximum Gasteiger partial charge on any atom is 0.267 e. The summed E-state index contributed by atoms with van der Waals surface area (Å²) in [5, 5.41) is 2.66. The summed E-state index contributed by atoms with van der Waals surface area (Å²) in [6.45, 7) is -0.0669. The molecule has 0 aromatic rings. The van der Waals surface area contributed by atoms with Crippen molar-refractivity contribution in [2.45, 2.75) is 18.8 Å². The third-order valence-corrected chi connectivity index (χ3v) is 5.02. The van der Waals surface area contributed by atoms with E-state index in [9.17, 15) is 17.2 Å². The Balaban J connectivity index is 2.20. The van der Waals surface area contributed by atoms with Crippen molar-refractivity contribution >= 4 is 9.84 Å². The molecule has 0 unspecified atom stereocenters. The van der Waals surface area contributed by atoms with Crippen LogP contribution < -0.4 is 5.32 Å². The molecule has 6 heteroatoms. The van der Waals surface area contributed by atoms with Gasteiger partial charge in [0.15, 0.2) is 0 Å². The molecule has 0 saturated carbocycles. The van der Waals surface area contributed by atoms with Gasteiger partial charge in [-0.3, -0.25) is 0 Å². The summed E-state index contributed by atoms with van der Waals surface area (Å²) in [6.07, 6.45) is 0.185. The summed E-state index contributed by atoms with van der Waals surface area (Å²) in [4.78, 5) is 0. The Morgan fingerprint density at radius 2 is 1.64 bits per heavy atom. The highest BCUT2D eigenvalue weighted by Gasteiger charge is 2.58. The van der Waals surface area contributed by atoms with Gasteiger partial charge in [-0.05, 0) is 12.8 Å². The first kappa shape index (κ1) is 10.3. The van der Waals surface area contributed by atoms with Crippen LogP contribution in [0.1, 0.15) is 12.8 Å². The van der Waals surface area contributed by atoms with Crippen LogP contribution in [0.15, 0.2) is 0 Å². The van der Waals surface area contributed by atoms with Gasteiger partial charge >= 0.3 is 0 Å². The molecule has 2 rings (SSSR count). The van der Waals surface area contributed by atoms with Gasteiger partial charge in [-0.25, -0.2) is 17.2 Å². The summed E-state index contributed by atoms with van der Waals surface area (Å²) in [7, 11) is -3.06. The van der Waals surface area contributed by atoms with E-state index in [2.05, 4.69) is 5.32 Å². The molecule has 82 valence electrons. The molecule has 1 N–H and O–H groups in total. The maximum absolute atomic E-state index is 13.5. The highest BCUT2D eigenvalue weighted by Crippen LogP contribution is 2.47. The molecular weight excluding hydrogens is 212 g/mol. The van der Waals surface area contributed by atoms with Gasteiger partial charge in [-0.2, -0.15) is 0 Å². The highest BCUT2D eigenvalue weighted by atomic mass is 32.2. The number of halogens is 2. The standard InChI is InChI=1S/C8H13F2NO2S/c9-8(10)6-11-5-7(8)1-3-14(12,13)4-2-7/h11H,1-6H2. The van der Waals surface area contributed by atoms with E-state index in [1.165, 1.54) is 0 Å². The molecule has 0 aromatic heterocycles. The first-order valence-corrected chi connectivity index (χ1v) is 6.48. The van der Waals surface area contributed by atoms with E-state index in [4.69, 9.17) is 0 Å². The molecule has 0 atom stereocenters. The topological polar surface area (TPSA) is 46.2 Å². The van der Waals surface area contributed by atoms with E-state index >= 15 is 0 Å². The Kier molecular flexibility index (Phi) is 2.12. The second-order valence-electron chi connectivity index (χ2n) is 4.24. The molecule has 2 aliphatic heterocycles. The number of rotatable bonds is 0. The highest BCUT2D eigenvalue weighted by molar-refractivity contribution is 7.91. The lowest BCUT2D eigenvalue weighted by molar-refractivity contribution is -0.0876. The van der Waals surface area contributed by atoms with Gasteiger partial charge in [0.05, 0.1) is 18.1 Å². The van der Waals surface area contributed by atoms with Crippen LogP contribution in [0.3, 0.4) is 0 Å². The zero-order valence-corrected chi connectivity index (χ0v) is 8.54. The SMILES string of the molecule is O=S1(=O)CCC2(CC1)CNCC2(F)F. The molecule has 2 heterocycles. The minimum Gasteiger partial charge on any atom is -0.310 e. The Labute approximate surface area is 81.8 Å². The summed E-state index contributed by atoms with van der Waals surface area (Å²) < 4.78 is 49.2. The summed E-state index contributed by atoms with van der Waals surface area (Å²) in [5.41, 5.74) is -1.10. The molecule has 2 fully saturated rings. The first-order valence-electron chi connectivity index (χ1n) is 4.66. The van der Waals surface area contributed by atoms with Gasteiger partial charge in [0.1, 0.15) is 9.84 Å². The molecule has 0 aliphatic carbocycles. The summed E-state index contributed by atoms with van der Waals surface area (Å²) in [6, 6.07) is 0. The maximum atomic E-state index is 13.5. The van der Waals surface area contributed by atoms with Gasteiger partial charge in [0, 0.05) is 12.0 Å². The number of hydrogen-bond acceptors (Lipinski definition) is 3. The number of alkyl halides is 2. The largest absolute Gasteiger partial charge is 0.310 e. The lowest BCUT2D eigenvalue weighted by Gasteiger charge is -2.37. The van der Waals surface area contributed by atoms with Crippen LogP contribution in [0, 0.1) is 5.41 Å². The van der Waals surface area contributed by atoms with Gasteiger partial charge in [-0.1, -0.05) is 0 Å². The number of sulfone groups is 1. The Hall–Kier alpha value is -0.230. The normalized spacial score (nSPS) is 33.3. The van der Waals surface area contributed by atoms with E-state index in [0.29, 0.717) is 0 Å². The van der Waals surface area contributed by atoms with Crippen molar-refractivity contribution in [3.8, 4) is 0 Å². The summed E-state index contributed by atoms with van der Waals surface area (Å²) >= 11 is 0. The predicted octanol–water partition coefficient (Wildman–Crippen LogP) is 0.420. The minimum atomic E-state index is -3.06. The van der Waals surface area contributed by atoms with Crippen LogP contribution in [-0.4, -0.2) is 38.9 Å². The average Bonchev–Trinajstić information content (AvgIpc) is 2.35. The van der Waals surface area contributed by atoms with E-state index in [-0.39, 0.29) is 37.4 Å². The van der Waals surface area contributed by atoms with Gasteiger partial charge in [0.25, 0.3) is 5.92 Å². The zero-order chi connectivity index (χ0) is 10.4. The van der Waals surface area contributed by atoms with E-state index < -0.39 is 21.2 Å². The average molecular weight is 225 g/mol. The number of hydrogen-bond donors (Lipinski definition) is 1. The van der Waals surface area contributed by atoms with E-state index in [1.54, 1.807) is 0 Å². The molecule has 14 heavy (non-hydrogen) atoms. The van der Waals surface area contributed by atoms with Crippen LogP contribution in [0.25, 0.3) is 0 Å². The van der Waals surface area contributed by atoms with Crippen LogP contribution in [0.2, 0.25) is 0 Å². The third-order valence-electron chi connectivity index (χ3n) is 3.37. The molecule has 3 nitrogen and oxygen atoms in total. The minimum absolute atomic E-state index is 0.0926. The van der Waals surface area contributed by atoms with Crippen LogP contribution in [-0.2, 0) is 9.84 Å². The van der Waals surface area contributed by atoms with Gasteiger partial charge < -0.3 is 5.32 Å². The van der Waals surface area contributed by atoms with Crippen molar-refractivity contribution in [1.29, 1.82) is 0 Å². The Bertz CT molecular complexity index is 325. The van der Waals surface area contributed by atoms with Crippen molar-refractivity contribution in [3.05, 3.63) is 0 Å². The van der Waals surface area contributed by atoms with E-state index in [1.807, 2.05) is 0 Å². The van der Waals surface area contributed by atoms with Crippen molar-refractivity contribution in [1.82, 2.24) is 5.32 Å².